The minimum Gasteiger partial charge on any atom is -0.313 e. The largest absolute Gasteiger partial charge is 0.322 e. The Hall–Kier alpha value is -3.20. The summed E-state index contributed by atoms with van der Waals surface area (Å²) in [6, 6.07) is 3.17. The number of rotatable bonds is 3. The van der Waals surface area contributed by atoms with Crippen molar-refractivity contribution in [2.75, 3.05) is 5.32 Å². The van der Waals surface area contributed by atoms with Crippen LogP contribution in [0.2, 0.25) is 5.02 Å². The Kier molecular flexibility index (Phi) is 5.29. The first-order valence-corrected chi connectivity index (χ1v) is 9.92. The van der Waals surface area contributed by atoms with E-state index in [1.807, 2.05) is 13.8 Å². The van der Waals surface area contributed by atoms with Crippen molar-refractivity contribution in [3.05, 3.63) is 63.0 Å². The van der Waals surface area contributed by atoms with Crippen molar-refractivity contribution in [2.45, 2.75) is 38.8 Å². The van der Waals surface area contributed by atoms with E-state index in [4.69, 9.17) is 11.6 Å². The summed E-state index contributed by atoms with van der Waals surface area (Å²) >= 11 is 6.31. The Labute approximate surface area is 176 Å². The van der Waals surface area contributed by atoms with E-state index < -0.39 is 11.8 Å². The third-order valence-electron chi connectivity index (χ3n) is 5.29. The van der Waals surface area contributed by atoms with E-state index in [1.54, 1.807) is 11.1 Å². The Morgan fingerprint density at radius 1 is 1.40 bits per heavy atom. The summed E-state index contributed by atoms with van der Waals surface area (Å²) in [5.41, 5.74) is 2.30. The van der Waals surface area contributed by atoms with Gasteiger partial charge in [0.25, 0.3) is 5.56 Å². The summed E-state index contributed by atoms with van der Waals surface area (Å²) in [6.45, 7) is 3.81. The molecule has 0 bridgehead atoms. The van der Waals surface area contributed by atoms with Crippen LogP contribution in [0.5, 0.6) is 0 Å². The number of aromatic amines is 2. The van der Waals surface area contributed by atoms with Gasteiger partial charge >= 0.3 is 6.03 Å². The lowest BCUT2D eigenvalue weighted by atomic mass is 9.92. The molecule has 0 spiro atoms. The minimum absolute atomic E-state index is 0.0143. The summed E-state index contributed by atoms with van der Waals surface area (Å²) in [5, 5.41) is 16.0. The molecule has 10 heteroatoms. The number of aromatic nitrogens is 4. The molecule has 0 saturated carbocycles. The van der Waals surface area contributed by atoms with Crippen LogP contribution in [0.25, 0.3) is 11.1 Å². The highest BCUT2D eigenvalue weighted by Crippen LogP contribution is 2.35. The number of carbonyl (C=O) groups is 1. The van der Waals surface area contributed by atoms with Gasteiger partial charge in [-0.2, -0.15) is 10.2 Å². The molecule has 0 aliphatic carbocycles. The molecule has 0 saturated heterocycles. The van der Waals surface area contributed by atoms with Crippen molar-refractivity contribution in [1.29, 1.82) is 0 Å². The van der Waals surface area contributed by atoms with Gasteiger partial charge in [-0.3, -0.25) is 9.89 Å². The second-order valence-corrected chi connectivity index (χ2v) is 7.66. The fourth-order valence-corrected chi connectivity index (χ4v) is 4.21. The van der Waals surface area contributed by atoms with Crippen molar-refractivity contribution in [2.24, 2.45) is 0 Å². The third-order valence-corrected chi connectivity index (χ3v) is 5.60. The second kappa shape index (κ2) is 7.91. The maximum Gasteiger partial charge on any atom is 0.322 e. The lowest BCUT2D eigenvalue weighted by Gasteiger charge is -2.40. The van der Waals surface area contributed by atoms with Gasteiger partial charge in [-0.1, -0.05) is 18.5 Å². The molecular weight excluding hydrogens is 411 g/mol. The molecule has 0 fully saturated rings. The summed E-state index contributed by atoms with van der Waals surface area (Å²) in [5.74, 6) is -0.607. The zero-order chi connectivity index (χ0) is 21.4. The number of nitrogens with one attached hydrogen (secondary N) is 3. The van der Waals surface area contributed by atoms with Crippen molar-refractivity contribution in [3.63, 3.8) is 0 Å². The van der Waals surface area contributed by atoms with Gasteiger partial charge in [0, 0.05) is 29.4 Å². The quantitative estimate of drug-likeness (QED) is 0.586. The van der Waals surface area contributed by atoms with Gasteiger partial charge < -0.3 is 10.2 Å². The maximum atomic E-state index is 14.7. The topological polar surface area (TPSA) is 107 Å². The van der Waals surface area contributed by atoms with Crippen LogP contribution in [0.3, 0.4) is 0 Å². The summed E-state index contributed by atoms with van der Waals surface area (Å²) in [6.07, 6.45) is 4.22. The van der Waals surface area contributed by atoms with Gasteiger partial charge in [-0.05, 0) is 37.5 Å². The molecule has 156 valence electrons. The molecule has 2 amide bonds. The molecular formula is C20H20ClFN6O2. The minimum atomic E-state index is -0.607. The molecule has 2 unspecified atom stereocenters. The number of benzene rings is 1. The van der Waals surface area contributed by atoms with Crippen LogP contribution in [0.4, 0.5) is 14.9 Å². The first kappa shape index (κ1) is 20.1. The number of H-pyrrole nitrogens is 2. The molecule has 0 radical (unpaired) electrons. The first-order chi connectivity index (χ1) is 14.4. The van der Waals surface area contributed by atoms with E-state index >= 15 is 0 Å². The standard InChI is InChI=1S/C20H20ClFN6O2/c1-3-17-19-11(5-18(29)26-27-19)4-10(2)28(17)20(30)25-16-7-14(21)13(6-15(16)22)12-8-23-24-9-12/h5-10,17H,3-4H2,1-2H3,(H,23,24)(H,25,30)(H,26,29). The predicted molar refractivity (Wildman–Crippen MR) is 111 cm³/mol. The molecule has 4 rings (SSSR count). The lowest BCUT2D eigenvalue weighted by Crippen LogP contribution is -2.48. The SMILES string of the molecule is CCC1c2n[nH]c(=O)cc2CC(C)N1C(=O)Nc1cc(Cl)c(-c2cn[nH]c2)cc1F. The van der Waals surface area contributed by atoms with Gasteiger partial charge in [0.05, 0.1) is 28.6 Å². The Morgan fingerprint density at radius 2 is 2.20 bits per heavy atom. The Bertz CT molecular complexity index is 1150. The lowest BCUT2D eigenvalue weighted by molar-refractivity contribution is 0.145. The number of halogens is 2. The average Bonchev–Trinajstić information content (AvgIpc) is 3.23. The van der Waals surface area contributed by atoms with Crippen LogP contribution in [0, 0.1) is 5.82 Å². The molecule has 8 nitrogen and oxygen atoms in total. The number of amides is 2. The van der Waals surface area contributed by atoms with Crippen LogP contribution in [-0.4, -0.2) is 37.4 Å². The number of hydrogen-bond donors (Lipinski definition) is 3. The first-order valence-electron chi connectivity index (χ1n) is 9.55. The van der Waals surface area contributed by atoms with Gasteiger partial charge in [0.15, 0.2) is 0 Å². The van der Waals surface area contributed by atoms with Crippen LogP contribution < -0.4 is 10.9 Å². The molecule has 3 N–H and O–H groups in total. The second-order valence-electron chi connectivity index (χ2n) is 7.26. The van der Waals surface area contributed by atoms with Gasteiger partial charge in [-0.15, -0.1) is 0 Å². The molecule has 1 aromatic carbocycles. The molecule has 2 atom stereocenters. The molecule has 1 aliphatic heterocycles. The summed E-state index contributed by atoms with van der Waals surface area (Å²) < 4.78 is 14.7. The fraction of sp³-hybridized carbons (Fsp3) is 0.300. The van der Waals surface area contributed by atoms with Crippen LogP contribution in [-0.2, 0) is 6.42 Å². The van der Waals surface area contributed by atoms with E-state index in [0.717, 1.165) is 5.56 Å². The van der Waals surface area contributed by atoms with Gasteiger partial charge in [0.2, 0.25) is 0 Å². The number of urea groups is 1. The molecule has 2 aromatic heterocycles. The van der Waals surface area contributed by atoms with E-state index in [0.29, 0.717) is 29.7 Å². The third kappa shape index (κ3) is 3.56. The number of anilines is 1. The fourth-order valence-electron chi connectivity index (χ4n) is 3.93. The highest BCUT2D eigenvalue weighted by molar-refractivity contribution is 6.33. The molecule has 30 heavy (non-hydrogen) atoms. The molecule has 1 aliphatic rings. The maximum absolute atomic E-state index is 14.7. The van der Waals surface area contributed by atoms with Crippen molar-refractivity contribution in [3.8, 4) is 11.1 Å². The highest BCUT2D eigenvalue weighted by Gasteiger charge is 2.36. The highest BCUT2D eigenvalue weighted by atomic mass is 35.5. The zero-order valence-electron chi connectivity index (χ0n) is 16.4. The number of fused-ring (bicyclic) bond motifs is 1. The Morgan fingerprint density at radius 3 is 2.90 bits per heavy atom. The van der Waals surface area contributed by atoms with E-state index in [2.05, 4.69) is 25.7 Å². The summed E-state index contributed by atoms with van der Waals surface area (Å²) in [7, 11) is 0. The van der Waals surface area contributed by atoms with Crippen molar-refractivity contribution >= 4 is 23.3 Å². The van der Waals surface area contributed by atoms with E-state index in [9.17, 15) is 14.0 Å². The average molecular weight is 431 g/mol. The van der Waals surface area contributed by atoms with E-state index in [-0.39, 0.29) is 28.4 Å². The predicted octanol–water partition coefficient (Wildman–Crippen LogP) is 3.88. The number of carbonyl (C=O) groups excluding carboxylic acids is 1. The number of hydrogen-bond acceptors (Lipinski definition) is 4. The molecule has 3 heterocycles. The zero-order valence-corrected chi connectivity index (χ0v) is 17.1. The van der Waals surface area contributed by atoms with Crippen LogP contribution in [0.1, 0.15) is 37.6 Å². The van der Waals surface area contributed by atoms with Gasteiger partial charge in [-0.25, -0.2) is 14.3 Å². The van der Waals surface area contributed by atoms with E-state index in [1.165, 1.54) is 24.4 Å². The monoisotopic (exact) mass is 430 g/mol. The van der Waals surface area contributed by atoms with Crippen LogP contribution in [0.15, 0.2) is 35.4 Å². The smallest absolute Gasteiger partial charge is 0.313 e. The van der Waals surface area contributed by atoms with Crippen LogP contribution >= 0.6 is 11.6 Å². The normalized spacial score (nSPS) is 18.2. The van der Waals surface area contributed by atoms with Gasteiger partial charge in [0.1, 0.15) is 5.82 Å². The summed E-state index contributed by atoms with van der Waals surface area (Å²) in [4.78, 5) is 26.3. The Balaban J connectivity index is 1.63. The number of nitrogens with zero attached hydrogens (tertiary/aromatic N) is 3. The van der Waals surface area contributed by atoms with Crippen molar-refractivity contribution in [1.82, 2.24) is 25.3 Å². The molecule has 3 aromatic rings. The van der Waals surface area contributed by atoms with Crippen molar-refractivity contribution < 1.29 is 9.18 Å².